The average Bonchev–Trinajstić information content (AvgIpc) is 3.07. The summed E-state index contributed by atoms with van der Waals surface area (Å²) in [7, 11) is 2.12. The Morgan fingerprint density at radius 1 is 0.857 bits per heavy atom. The second-order valence-corrected chi connectivity index (χ2v) is 8.79. The van der Waals surface area contributed by atoms with Crippen LogP contribution in [-0.4, -0.2) is 4.57 Å². The third-order valence-corrected chi connectivity index (χ3v) is 5.74. The summed E-state index contributed by atoms with van der Waals surface area (Å²) in [6, 6.07) is 22.1. The van der Waals surface area contributed by atoms with E-state index in [0.29, 0.717) is 0 Å². The Hall–Kier alpha value is -2.87. The van der Waals surface area contributed by atoms with E-state index in [4.69, 9.17) is 0 Å². The smallest absolute Gasteiger partial charge is 0.218 e. The maximum absolute atomic E-state index is 2.41. The second kappa shape index (κ2) is 6.63. The molecular formula is C26H29N2+. The molecule has 0 amide bonds. The van der Waals surface area contributed by atoms with Crippen LogP contribution in [0.25, 0.3) is 27.8 Å². The Morgan fingerprint density at radius 2 is 1.61 bits per heavy atom. The molecule has 2 heterocycles. The molecule has 0 unspecified atom stereocenters. The van der Waals surface area contributed by atoms with E-state index in [-0.39, 0.29) is 5.41 Å². The van der Waals surface area contributed by atoms with Crippen molar-refractivity contribution in [2.24, 2.45) is 7.05 Å². The summed E-state index contributed by atoms with van der Waals surface area (Å²) in [5.74, 6) is 0. The molecule has 2 nitrogen and oxygen atoms in total. The van der Waals surface area contributed by atoms with E-state index in [9.17, 15) is 0 Å². The Bertz CT molecular complexity index is 1170. The predicted octanol–water partition coefficient (Wildman–Crippen LogP) is 6.04. The summed E-state index contributed by atoms with van der Waals surface area (Å²) in [6.45, 7) is 11.3. The fraction of sp³-hybridized carbons (Fsp3) is 0.269. The van der Waals surface area contributed by atoms with Gasteiger partial charge in [-0.15, -0.1) is 0 Å². The topological polar surface area (TPSA) is 8.81 Å². The fourth-order valence-corrected chi connectivity index (χ4v) is 4.00. The summed E-state index contributed by atoms with van der Waals surface area (Å²) in [6.07, 6.45) is 2.12. The first kappa shape index (κ1) is 18.5. The van der Waals surface area contributed by atoms with E-state index in [1.807, 2.05) is 0 Å². The molecular weight excluding hydrogens is 340 g/mol. The van der Waals surface area contributed by atoms with E-state index in [0.717, 1.165) is 0 Å². The standard InChI is InChI=1S/C26H29N2/c1-18-13-14-20-10-7-8-11-23(20)28(18)25-17-21(26(3,4)5)16-22(19(25)2)24-12-9-15-27(24)6/h7-17H,1-6H3/q+1. The van der Waals surface area contributed by atoms with Crippen LogP contribution in [0.15, 0.2) is 66.9 Å². The van der Waals surface area contributed by atoms with E-state index >= 15 is 0 Å². The molecule has 28 heavy (non-hydrogen) atoms. The van der Waals surface area contributed by atoms with Gasteiger partial charge in [0.1, 0.15) is 0 Å². The average molecular weight is 370 g/mol. The Balaban J connectivity index is 2.11. The number of nitrogens with zero attached hydrogens (tertiary/aromatic N) is 2. The van der Waals surface area contributed by atoms with Crippen LogP contribution in [0.4, 0.5) is 0 Å². The minimum atomic E-state index is 0.0708. The zero-order valence-electron chi connectivity index (χ0n) is 17.7. The summed E-state index contributed by atoms with van der Waals surface area (Å²) < 4.78 is 4.62. The molecule has 4 rings (SSSR count). The molecule has 0 aliphatic rings. The van der Waals surface area contributed by atoms with Gasteiger partial charge in [0.25, 0.3) is 0 Å². The van der Waals surface area contributed by atoms with E-state index in [2.05, 4.69) is 118 Å². The van der Waals surface area contributed by atoms with Gasteiger partial charge in [-0.1, -0.05) is 32.9 Å². The Morgan fingerprint density at radius 3 is 2.29 bits per heavy atom. The molecule has 0 N–H and O–H groups in total. The van der Waals surface area contributed by atoms with E-state index in [1.165, 1.54) is 44.7 Å². The van der Waals surface area contributed by atoms with Crippen LogP contribution in [-0.2, 0) is 12.5 Å². The van der Waals surface area contributed by atoms with Gasteiger partial charge in [-0.2, -0.15) is 4.57 Å². The van der Waals surface area contributed by atoms with Crippen molar-refractivity contribution in [3.05, 3.63) is 83.7 Å². The number of pyridine rings is 1. The highest BCUT2D eigenvalue weighted by molar-refractivity contribution is 5.77. The molecule has 0 saturated carbocycles. The van der Waals surface area contributed by atoms with Gasteiger partial charge >= 0.3 is 0 Å². The van der Waals surface area contributed by atoms with Gasteiger partial charge in [-0.05, 0) is 48.2 Å². The van der Waals surface area contributed by atoms with Crippen LogP contribution >= 0.6 is 0 Å². The molecule has 0 spiro atoms. The van der Waals surface area contributed by atoms with Crippen molar-refractivity contribution >= 4 is 10.9 Å². The number of hydrogen-bond donors (Lipinski definition) is 0. The number of aromatic nitrogens is 2. The molecule has 142 valence electrons. The normalized spacial score (nSPS) is 11.9. The zero-order chi connectivity index (χ0) is 20.1. The highest BCUT2D eigenvalue weighted by Crippen LogP contribution is 2.33. The minimum absolute atomic E-state index is 0.0708. The second-order valence-electron chi connectivity index (χ2n) is 8.79. The maximum Gasteiger partial charge on any atom is 0.218 e. The predicted molar refractivity (Wildman–Crippen MR) is 118 cm³/mol. The summed E-state index contributed by atoms with van der Waals surface area (Å²) in [5, 5.41) is 1.26. The lowest BCUT2D eigenvalue weighted by atomic mass is 9.84. The zero-order valence-corrected chi connectivity index (χ0v) is 17.7. The molecule has 0 saturated heterocycles. The lowest BCUT2D eigenvalue weighted by Crippen LogP contribution is -2.36. The largest absolute Gasteiger partial charge is 0.351 e. The molecule has 0 aliphatic heterocycles. The molecule has 0 bridgehead atoms. The first-order valence-corrected chi connectivity index (χ1v) is 9.95. The van der Waals surface area contributed by atoms with Crippen LogP contribution in [0.2, 0.25) is 0 Å². The molecule has 0 radical (unpaired) electrons. The van der Waals surface area contributed by atoms with Crippen molar-refractivity contribution in [1.82, 2.24) is 4.57 Å². The third-order valence-electron chi connectivity index (χ3n) is 5.74. The lowest BCUT2D eigenvalue weighted by molar-refractivity contribution is -0.574. The number of rotatable bonds is 2. The number of fused-ring (bicyclic) bond motifs is 1. The molecule has 0 atom stereocenters. The molecule has 2 heteroatoms. The monoisotopic (exact) mass is 369 g/mol. The van der Waals surface area contributed by atoms with Gasteiger partial charge in [0.2, 0.25) is 11.2 Å². The number of benzene rings is 2. The van der Waals surface area contributed by atoms with Crippen LogP contribution in [0, 0.1) is 13.8 Å². The summed E-state index contributed by atoms with van der Waals surface area (Å²) in [5.41, 5.74) is 9.03. The van der Waals surface area contributed by atoms with Crippen LogP contribution < -0.4 is 4.57 Å². The minimum Gasteiger partial charge on any atom is -0.351 e. The first-order valence-electron chi connectivity index (χ1n) is 9.95. The van der Waals surface area contributed by atoms with Crippen molar-refractivity contribution in [3.8, 4) is 16.9 Å². The fourth-order valence-electron chi connectivity index (χ4n) is 4.00. The Labute approximate surface area is 168 Å². The number of aryl methyl sites for hydroxylation is 2. The van der Waals surface area contributed by atoms with Crippen molar-refractivity contribution in [3.63, 3.8) is 0 Å². The maximum atomic E-state index is 2.41. The van der Waals surface area contributed by atoms with Crippen LogP contribution in [0.5, 0.6) is 0 Å². The molecule has 4 aromatic rings. The Kier molecular flexibility index (Phi) is 4.38. The summed E-state index contributed by atoms with van der Waals surface area (Å²) in [4.78, 5) is 0. The van der Waals surface area contributed by atoms with Gasteiger partial charge in [0, 0.05) is 60.6 Å². The number of para-hydroxylation sites is 1. The first-order chi connectivity index (χ1) is 13.3. The quantitative estimate of drug-likeness (QED) is 0.381. The highest BCUT2D eigenvalue weighted by Gasteiger charge is 2.25. The van der Waals surface area contributed by atoms with E-state index < -0.39 is 0 Å². The van der Waals surface area contributed by atoms with Gasteiger partial charge in [-0.25, -0.2) is 0 Å². The molecule has 2 aromatic carbocycles. The highest BCUT2D eigenvalue weighted by atomic mass is 15.0. The van der Waals surface area contributed by atoms with Gasteiger partial charge in [0.15, 0.2) is 5.69 Å². The van der Waals surface area contributed by atoms with Crippen molar-refractivity contribution in [2.45, 2.75) is 40.0 Å². The van der Waals surface area contributed by atoms with E-state index in [1.54, 1.807) is 0 Å². The van der Waals surface area contributed by atoms with Crippen LogP contribution in [0.1, 0.15) is 37.6 Å². The van der Waals surface area contributed by atoms with Gasteiger partial charge < -0.3 is 4.57 Å². The van der Waals surface area contributed by atoms with Crippen LogP contribution in [0.3, 0.4) is 0 Å². The van der Waals surface area contributed by atoms with Crippen molar-refractivity contribution < 1.29 is 4.57 Å². The van der Waals surface area contributed by atoms with Gasteiger partial charge in [-0.3, -0.25) is 0 Å². The summed E-state index contributed by atoms with van der Waals surface area (Å²) >= 11 is 0. The molecule has 2 aromatic heterocycles. The third kappa shape index (κ3) is 3.03. The van der Waals surface area contributed by atoms with Crippen molar-refractivity contribution in [2.75, 3.05) is 0 Å². The molecule has 0 aliphatic carbocycles. The molecule has 0 fully saturated rings. The van der Waals surface area contributed by atoms with Gasteiger partial charge in [0.05, 0.1) is 0 Å². The SMILES string of the molecule is Cc1c(-c2cccn2C)cc(C(C)(C)C)cc1-[n+]1c(C)ccc2ccccc21. The lowest BCUT2D eigenvalue weighted by Gasteiger charge is -2.22. The van der Waals surface area contributed by atoms with Crippen molar-refractivity contribution in [1.29, 1.82) is 0 Å². The number of hydrogen-bond acceptors (Lipinski definition) is 0.